The average molecular weight is 561 g/mol. The van der Waals surface area contributed by atoms with Crippen LogP contribution in [-0.4, -0.2) is 68.9 Å². The van der Waals surface area contributed by atoms with Crippen LogP contribution in [0, 0.1) is 5.92 Å². The maximum atomic E-state index is 13.3. The largest absolute Gasteiger partial charge is 0.508 e. The second-order valence-corrected chi connectivity index (χ2v) is 9.72. The lowest BCUT2D eigenvalue weighted by molar-refractivity contribution is -0.142. The van der Waals surface area contributed by atoms with Gasteiger partial charge < -0.3 is 37.0 Å². The SMILES string of the molecule is CCC(C)C(N)C(=O)NC(CS)C(=O)NC(Cc1ccc(O)cc1)C(=O)NC(Cc1ccc(O)cc1)C(=O)O. The minimum Gasteiger partial charge on any atom is -0.508 e. The van der Waals surface area contributed by atoms with Crippen molar-refractivity contribution in [2.45, 2.75) is 57.3 Å². The molecule has 11 nitrogen and oxygen atoms in total. The number of nitrogens with two attached hydrogens (primary N) is 1. The fourth-order valence-electron chi connectivity index (χ4n) is 3.66. The molecule has 0 bridgehead atoms. The summed E-state index contributed by atoms with van der Waals surface area (Å²) in [4.78, 5) is 50.8. The van der Waals surface area contributed by atoms with E-state index in [1.165, 1.54) is 36.4 Å². The molecular weight excluding hydrogens is 524 g/mol. The number of carboxylic acid groups (broad SMARTS) is 1. The first kappa shape index (κ1) is 31.4. The van der Waals surface area contributed by atoms with Crippen molar-refractivity contribution in [2.24, 2.45) is 11.7 Å². The number of carbonyl (C=O) groups excluding carboxylic acids is 3. The van der Waals surface area contributed by atoms with Crippen molar-refractivity contribution < 1.29 is 34.5 Å². The molecule has 212 valence electrons. The lowest BCUT2D eigenvalue weighted by Gasteiger charge is -2.25. The van der Waals surface area contributed by atoms with Gasteiger partial charge in [0.25, 0.3) is 0 Å². The highest BCUT2D eigenvalue weighted by Gasteiger charge is 2.31. The van der Waals surface area contributed by atoms with Crippen molar-refractivity contribution in [2.75, 3.05) is 5.75 Å². The quantitative estimate of drug-likeness (QED) is 0.155. The molecule has 0 aliphatic carbocycles. The van der Waals surface area contributed by atoms with E-state index >= 15 is 0 Å². The molecule has 0 saturated heterocycles. The zero-order valence-corrected chi connectivity index (χ0v) is 22.7. The number of rotatable bonds is 14. The van der Waals surface area contributed by atoms with Crippen LogP contribution in [-0.2, 0) is 32.0 Å². The number of aliphatic carboxylic acids is 1. The molecule has 0 aliphatic rings. The van der Waals surface area contributed by atoms with Gasteiger partial charge in [0, 0.05) is 18.6 Å². The molecule has 2 aromatic carbocycles. The van der Waals surface area contributed by atoms with Crippen LogP contribution < -0.4 is 21.7 Å². The van der Waals surface area contributed by atoms with E-state index in [0.717, 1.165) is 0 Å². The lowest BCUT2D eigenvalue weighted by Crippen LogP contribution is -2.58. The van der Waals surface area contributed by atoms with Gasteiger partial charge in [0.05, 0.1) is 6.04 Å². The second kappa shape index (κ2) is 15.0. The van der Waals surface area contributed by atoms with Crippen molar-refractivity contribution in [3.63, 3.8) is 0 Å². The number of amides is 3. The molecule has 0 aromatic heterocycles. The standard InChI is InChI=1S/C27H36N4O7S/c1-3-15(2)23(28)26(36)31-22(14-39)25(35)29-20(12-16-4-8-18(32)9-5-16)24(34)30-21(27(37)38)13-17-6-10-19(33)11-7-17/h4-11,15,20-23,32-33,39H,3,12-14,28H2,1-2H3,(H,29,35)(H,30,34)(H,31,36)(H,37,38). The fraction of sp³-hybridized carbons (Fsp3) is 0.407. The molecule has 5 atom stereocenters. The summed E-state index contributed by atoms with van der Waals surface area (Å²) in [5.74, 6) is -3.44. The highest BCUT2D eigenvalue weighted by Crippen LogP contribution is 2.14. The first-order valence-corrected chi connectivity index (χ1v) is 13.1. The Labute approximate surface area is 232 Å². The van der Waals surface area contributed by atoms with E-state index in [-0.39, 0.29) is 36.0 Å². The lowest BCUT2D eigenvalue weighted by atomic mass is 9.99. The molecule has 0 aliphatic heterocycles. The Morgan fingerprint density at radius 1 is 0.769 bits per heavy atom. The van der Waals surface area contributed by atoms with Crippen molar-refractivity contribution in [1.29, 1.82) is 0 Å². The molecule has 2 aromatic rings. The van der Waals surface area contributed by atoms with Crippen LogP contribution in [0.25, 0.3) is 0 Å². The second-order valence-electron chi connectivity index (χ2n) is 9.36. The van der Waals surface area contributed by atoms with E-state index in [9.17, 15) is 34.5 Å². The Balaban J connectivity index is 2.22. The maximum Gasteiger partial charge on any atom is 0.326 e. The van der Waals surface area contributed by atoms with Crippen LogP contribution in [0.1, 0.15) is 31.4 Å². The Morgan fingerprint density at radius 2 is 1.18 bits per heavy atom. The first-order valence-electron chi connectivity index (χ1n) is 12.5. The summed E-state index contributed by atoms with van der Waals surface area (Å²) in [5.41, 5.74) is 7.12. The number of hydrogen-bond donors (Lipinski definition) is 8. The highest BCUT2D eigenvalue weighted by molar-refractivity contribution is 7.80. The topological polar surface area (TPSA) is 191 Å². The normalized spacial score (nSPS) is 14.8. The van der Waals surface area contributed by atoms with Crippen LogP contribution in [0.3, 0.4) is 0 Å². The Kier molecular flexibility index (Phi) is 12.1. The van der Waals surface area contributed by atoms with E-state index in [4.69, 9.17) is 5.73 Å². The Bertz CT molecular complexity index is 1130. The summed E-state index contributed by atoms with van der Waals surface area (Å²) in [6, 6.07) is 7.39. The number of phenols is 2. The minimum absolute atomic E-state index is 0.0131. The van der Waals surface area contributed by atoms with Gasteiger partial charge >= 0.3 is 5.97 Å². The molecule has 3 amide bonds. The summed E-state index contributed by atoms with van der Waals surface area (Å²) < 4.78 is 0. The Morgan fingerprint density at radius 3 is 1.62 bits per heavy atom. The number of phenolic OH excluding ortho intramolecular Hbond substituents is 2. The molecule has 2 rings (SSSR count). The number of carboxylic acids is 1. The van der Waals surface area contributed by atoms with E-state index < -0.39 is 47.9 Å². The highest BCUT2D eigenvalue weighted by atomic mass is 32.1. The Hall–Kier alpha value is -3.77. The smallest absolute Gasteiger partial charge is 0.326 e. The number of nitrogens with one attached hydrogen (secondary N) is 3. The molecule has 0 saturated carbocycles. The van der Waals surface area contributed by atoms with Crippen LogP contribution in [0.15, 0.2) is 48.5 Å². The summed E-state index contributed by atoms with van der Waals surface area (Å²) in [7, 11) is 0. The van der Waals surface area contributed by atoms with Crippen molar-refractivity contribution >= 4 is 36.3 Å². The zero-order valence-electron chi connectivity index (χ0n) is 21.8. The van der Waals surface area contributed by atoms with Crippen LogP contribution in [0.2, 0.25) is 0 Å². The molecular formula is C27H36N4O7S. The van der Waals surface area contributed by atoms with Crippen molar-refractivity contribution in [3.05, 3.63) is 59.7 Å². The summed E-state index contributed by atoms with van der Waals surface area (Å²) in [6.07, 6.45) is 0.573. The van der Waals surface area contributed by atoms with Crippen LogP contribution >= 0.6 is 12.6 Å². The van der Waals surface area contributed by atoms with E-state index in [1.807, 2.05) is 13.8 Å². The third-order valence-electron chi connectivity index (χ3n) is 6.38. The predicted molar refractivity (Wildman–Crippen MR) is 148 cm³/mol. The van der Waals surface area contributed by atoms with Gasteiger partial charge in [0.15, 0.2) is 0 Å². The van der Waals surface area contributed by atoms with Crippen LogP contribution in [0.5, 0.6) is 11.5 Å². The maximum absolute atomic E-state index is 13.3. The van der Waals surface area contributed by atoms with Crippen molar-refractivity contribution in [1.82, 2.24) is 16.0 Å². The van der Waals surface area contributed by atoms with Gasteiger partial charge in [0.1, 0.15) is 29.6 Å². The molecule has 39 heavy (non-hydrogen) atoms. The first-order chi connectivity index (χ1) is 18.4. The van der Waals surface area contributed by atoms with Gasteiger partial charge in [-0.3, -0.25) is 14.4 Å². The number of benzene rings is 2. The zero-order chi connectivity index (χ0) is 29.1. The van der Waals surface area contributed by atoms with Gasteiger partial charge in [-0.2, -0.15) is 12.6 Å². The minimum atomic E-state index is -1.32. The number of carbonyl (C=O) groups is 4. The summed E-state index contributed by atoms with van der Waals surface area (Å²) in [5, 5.41) is 36.4. The molecule has 12 heteroatoms. The van der Waals surface area contributed by atoms with E-state index in [2.05, 4.69) is 28.6 Å². The molecule has 0 radical (unpaired) electrons. The molecule has 5 unspecified atom stereocenters. The van der Waals surface area contributed by atoms with Gasteiger partial charge in [-0.05, 0) is 41.3 Å². The fourth-order valence-corrected chi connectivity index (χ4v) is 3.92. The summed E-state index contributed by atoms with van der Waals surface area (Å²) in [6.45, 7) is 3.70. The predicted octanol–water partition coefficient (Wildman–Crippen LogP) is 0.725. The van der Waals surface area contributed by atoms with Crippen LogP contribution in [0.4, 0.5) is 0 Å². The number of aromatic hydroxyl groups is 2. The molecule has 0 heterocycles. The van der Waals surface area contributed by atoms with E-state index in [1.54, 1.807) is 12.1 Å². The van der Waals surface area contributed by atoms with Crippen molar-refractivity contribution in [3.8, 4) is 11.5 Å². The van der Waals surface area contributed by atoms with Gasteiger partial charge in [-0.1, -0.05) is 44.5 Å². The molecule has 0 fully saturated rings. The summed E-state index contributed by atoms with van der Waals surface area (Å²) >= 11 is 4.16. The number of thiol groups is 1. The van der Waals surface area contributed by atoms with E-state index in [0.29, 0.717) is 17.5 Å². The molecule has 8 N–H and O–H groups in total. The van der Waals surface area contributed by atoms with Gasteiger partial charge in [-0.15, -0.1) is 0 Å². The molecule has 0 spiro atoms. The third kappa shape index (κ3) is 9.80. The van der Waals surface area contributed by atoms with Gasteiger partial charge in [-0.25, -0.2) is 4.79 Å². The average Bonchev–Trinajstić information content (AvgIpc) is 2.91. The third-order valence-corrected chi connectivity index (χ3v) is 6.74. The number of hydrogen-bond acceptors (Lipinski definition) is 8. The monoisotopic (exact) mass is 560 g/mol. The van der Waals surface area contributed by atoms with Gasteiger partial charge in [0.2, 0.25) is 17.7 Å².